The molecule has 1 rings (SSSR count). The maximum Gasteiger partial charge on any atom is 0.407 e. The number of likely N-dealkylation sites (tertiary alicyclic amines) is 1. The molecular formula is C17H35NO4Si. The average Bonchev–Trinajstić information content (AvgIpc) is 2.67. The van der Waals surface area contributed by atoms with E-state index in [0.717, 1.165) is 0 Å². The number of nitrogens with zero attached hydrogens (tertiary/aromatic N) is 1. The molecule has 6 heteroatoms. The highest BCUT2D eigenvalue weighted by atomic mass is 28.4. The maximum absolute atomic E-state index is 11.8. The van der Waals surface area contributed by atoms with Crippen LogP contribution in [0.3, 0.4) is 0 Å². The first kappa shape index (κ1) is 20.5. The summed E-state index contributed by atoms with van der Waals surface area (Å²) in [6, 6.07) is 0. The van der Waals surface area contributed by atoms with Crippen LogP contribution in [0.4, 0.5) is 4.79 Å². The van der Waals surface area contributed by atoms with Crippen LogP contribution >= 0.6 is 0 Å². The van der Waals surface area contributed by atoms with Crippen LogP contribution in [-0.4, -0.2) is 54.3 Å². The van der Waals surface area contributed by atoms with Gasteiger partial charge in [-0.15, -0.1) is 0 Å². The summed E-state index contributed by atoms with van der Waals surface area (Å²) < 4.78 is 6.66. The monoisotopic (exact) mass is 345 g/mol. The lowest BCUT2D eigenvalue weighted by Crippen LogP contribution is -2.63. The van der Waals surface area contributed by atoms with Crippen LogP contribution in [-0.2, 0) is 4.43 Å². The highest BCUT2D eigenvalue weighted by molar-refractivity contribution is 6.74. The van der Waals surface area contributed by atoms with E-state index in [4.69, 9.17) is 4.43 Å². The SMILES string of the molecule is CC(C)(C)C1(CCO)C(O[Si](C)(C)C(C)(C)C)CCN1C(=O)O. The van der Waals surface area contributed by atoms with Crippen LogP contribution in [0.5, 0.6) is 0 Å². The predicted octanol–water partition coefficient (Wildman–Crippen LogP) is 3.93. The van der Waals surface area contributed by atoms with Crippen molar-refractivity contribution in [3.05, 3.63) is 0 Å². The molecule has 2 atom stereocenters. The van der Waals surface area contributed by atoms with E-state index in [2.05, 4.69) is 33.9 Å². The molecule has 0 aromatic rings. The van der Waals surface area contributed by atoms with Gasteiger partial charge in [0.1, 0.15) is 0 Å². The molecule has 23 heavy (non-hydrogen) atoms. The second kappa shape index (κ2) is 6.37. The fraction of sp³-hybridized carbons (Fsp3) is 0.941. The van der Waals surface area contributed by atoms with E-state index in [-0.39, 0.29) is 23.2 Å². The van der Waals surface area contributed by atoms with Gasteiger partial charge in [0, 0.05) is 13.2 Å². The van der Waals surface area contributed by atoms with Crippen LogP contribution in [0.25, 0.3) is 0 Å². The van der Waals surface area contributed by atoms with Crippen molar-refractivity contribution < 1.29 is 19.4 Å². The van der Waals surface area contributed by atoms with Crippen molar-refractivity contribution in [1.29, 1.82) is 0 Å². The summed E-state index contributed by atoms with van der Waals surface area (Å²) in [6.07, 6.45) is -0.000568. The second-order valence-corrected chi connectivity index (χ2v) is 14.0. The molecule has 0 bridgehead atoms. The number of carboxylic acid groups (broad SMARTS) is 1. The fourth-order valence-electron chi connectivity index (χ4n) is 3.54. The Labute approximate surface area is 142 Å². The van der Waals surface area contributed by atoms with Gasteiger partial charge in [-0.3, -0.25) is 4.90 Å². The van der Waals surface area contributed by atoms with Crippen LogP contribution in [0.1, 0.15) is 54.4 Å². The van der Waals surface area contributed by atoms with Gasteiger partial charge in [-0.05, 0) is 36.4 Å². The summed E-state index contributed by atoms with van der Waals surface area (Å²) >= 11 is 0. The number of hydrogen-bond acceptors (Lipinski definition) is 3. The lowest BCUT2D eigenvalue weighted by molar-refractivity contribution is -0.0489. The van der Waals surface area contributed by atoms with Gasteiger partial charge in [0.2, 0.25) is 0 Å². The van der Waals surface area contributed by atoms with E-state index in [1.165, 1.54) is 4.90 Å². The summed E-state index contributed by atoms with van der Waals surface area (Å²) in [7, 11) is -2.03. The smallest absolute Gasteiger partial charge is 0.407 e. The van der Waals surface area contributed by atoms with E-state index in [9.17, 15) is 15.0 Å². The number of rotatable bonds is 4. The molecule has 2 N–H and O–H groups in total. The zero-order valence-corrected chi connectivity index (χ0v) is 17.1. The van der Waals surface area contributed by atoms with E-state index in [1.807, 2.05) is 20.8 Å². The van der Waals surface area contributed by atoms with E-state index >= 15 is 0 Å². The molecular weight excluding hydrogens is 310 g/mol. The third-order valence-corrected chi connectivity index (χ3v) is 10.4. The molecule has 0 aromatic carbocycles. The largest absolute Gasteiger partial charge is 0.465 e. The topological polar surface area (TPSA) is 70.0 Å². The number of amides is 1. The van der Waals surface area contributed by atoms with Crippen molar-refractivity contribution in [3.63, 3.8) is 0 Å². The Balaban J connectivity index is 3.32. The number of carbonyl (C=O) groups is 1. The van der Waals surface area contributed by atoms with Crippen LogP contribution in [0.15, 0.2) is 0 Å². The third-order valence-electron chi connectivity index (χ3n) is 5.89. The molecule has 2 unspecified atom stereocenters. The summed E-state index contributed by atoms with van der Waals surface area (Å²) in [4.78, 5) is 13.4. The Kier molecular flexibility index (Phi) is 5.67. The molecule has 1 fully saturated rings. The van der Waals surface area contributed by atoms with Gasteiger partial charge in [-0.25, -0.2) is 4.79 Å². The summed E-state index contributed by atoms with van der Waals surface area (Å²) in [5.74, 6) is 0. The molecule has 1 saturated heterocycles. The van der Waals surface area contributed by atoms with Crippen molar-refractivity contribution in [3.8, 4) is 0 Å². The Morgan fingerprint density at radius 1 is 1.26 bits per heavy atom. The Hall–Kier alpha value is -0.593. The number of aliphatic hydroxyl groups is 1. The molecule has 1 amide bonds. The minimum Gasteiger partial charge on any atom is -0.465 e. The van der Waals surface area contributed by atoms with E-state index in [1.54, 1.807) is 0 Å². The molecule has 1 heterocycles. The minimum atomic E-state index is -2.03. The van der Waals surface area contributed by atoms with E-state index in [0.29, 0.717) is 19.4 Å². The molecule has 1 aliphatic rings. The van der Waals surface area contributed by atoms with Gasteiger partial charge in [0.15, 0.2) is 8.32 Å². The first-order valence-corrected chi connectivity index (χ1v) is 11.4. The molecule has 136 valence electrons. The zero-order valence-electron chi connectivity index (χ0n) is 16.1. The summed E-state index contributed by atoms with van der Waals surface area (Å²) in [5, 5.41) is 19.4. The van der Waals surface area contributed by atoms with Gasteiger partial charge in [0.25, 0.3) is 0 Å². The highest BCUT2D eigenvalue weighted by Crippen LogP contribution is 2.50. The van der Waals surface area contributed by atoms with Crippen molar-refractivity contribution in [1.82, 2.24) is 4.90 Å². The number of aliphatic hydroxyl groups excluding tert-OH is 1. The van der Waals surface area contributed by atoms with Crippen LogP contribution in [0.2, 0.25) is 18.1 Å². The molecule has 1 aliphatic heterocycles. The van der Waals surface area contributed by atoms with Crippen molar-refractivity contribution in [2.45, 2.75) is 84.2 Å². The molecule has 0 radical (unpaired) electrons. The highest BCUT2D eigenvalue weighted by Gasteiger charge is 2.59. The molecule has 5 nitrogen and oxygen atoms in total. The quantitative estimate of drug-likeness (QED) is 0.758. The van der Waals surface area contributed by atoms with Crippen LogP contribution < -0.4 is 0 Å². The van der Waals surface area contributed by atoms with Crippen molar-refractivity contribution in [2.24, 2.45) is 5.41 Å². The van der Waals surface area contributed by atoms with E-state index < -0.39 is 19.9 Å². The molecule has 0 aliphatic carbocycles. The molecule has 0 saturated carbocycles. The van der Waals surface area contributed by atoms with Gasteiger partial charge < -0.3 is 14.6 Å². The minimum absolute atomic E-state index is 0.0432. The Morgan fingerprint density at radius 3 is 2.13 bits per heavy atom. The normalized spacial score (nSPS) is 26.7. The summed E-state index contributed by atoms with van der Waals surface area (Å²) in [5.41, 5.74) is -1.01. The molecule has 0 aromatic heterocycles. The average molecular weight is 346 g/mol. The lowest BCUT2D eigenvalue weighted by atomic mass is 9.68. The third kappa shape index (κ3) is 3.59. The van der Waals surface area contributed by atoms with Gasteiger partial charge in [-0.1, -0.05) is 41.5 Å². The first-order chi connectivity index (χ1) is 10.2. The second-order valence-electron chi connectivity index (χ2n) is 9.24. The van der Waals surface area contributed by atoms with Crippen molar-refractivity contribution >= 4 is 14.4 Å². The van der Waals surface area contributed by atoms with Gasteiger partial charge in [-0.2, -0.15) is 0 Å². The fourth-order valence-corrected chi connectivity index (χ4v) is 4.92. The van der Waals surface area contributed by atoms with Crippen LogP contribution in [0, 0.1) is 5.41 Å². The predicted molar refractivity (Wildman–Crippen MR) is 95.3 cm³/mol. The maximum atomic E-state index is 11.8. The first-order valence-electron chi connectivity index (χ1n) is 8.50. The standard InChI is InChI=1S/C17H35NO4Si/c1-15(2,3)17(10-12-19)13(9-11-18(17)14(20)21)22-23(7,8)16(4,5)6/h13,19H,9-12H2,1-8H3,(H,20,21). The van der Waals surface area contributed by atoms with Crippen molar-refractivity contribution in [2.75, 3.05) is 13.2 Å². The van der Waals surface area contributed by atoms with Gasteiger partial charge in [0.05, 0.1) is 11.6 Å². The Morgan fingerprint density at radius 2 is 1.78 bits per heavy atom. The Bertz CT molecular complexity index is 439. The lowest BCUT2D eigenvalue weighted by Gasteiger charge is -2.52. The number of hydrogen-bond donors (Lipinski definition) is 2. The molecule has 0 spiro atoms. The zero-order chi connectivity index (χ0) is 18.3. The summed E-state index contributed by atoms with van der Waals surface area (Å²) in [6.45, 7) is 17.5. The van der Waals surface area contributed by atoms with Gasteiger partial charge >= 0.3 is 6.09 Å².